The maximum absolute atomic E-state index is 5.00. The van der Waals surface area contributed by atoms with Gasteiger partial charge in [-0.15, -0.1) is 11.3 Å². The van der Waals surface area contributed by atoms with Crippen LogP contribution in [0, 0.1) is 5.92 Å². The first kappa shape index (κ1) is 22.9. The highest BCUT2D eigenvalue weighted by molar-refractivity contribution is 7.25. The van der Waals surface area contributed by atoms with Crippen molar-refractivity contribution in [1.82, 2.24) is 9.97 Å². The number of hydrogen-bond acceptors (Lipinski definition) is 3. The number of aromatic amines is 1. The Kier molecular flexibility index (Phi) is 4.84. The number of aliphatic imine (C=N–C) groups is 1. The van der Waals surface area contributed by atoms with Crippen LogP contribution in [-0.4, -0.2) is 15.7 Å². The maximum Gasteiger partial charge on any atom is 0.109 e. The van der Waals surface area contributed by atoms with E-state index in [-0.39, 0.29) is 0 Å². The Morgan fingerprint density at radius 3 is 2.23 bits per heavy atom. The second-order valence-electron chi connectivity index (χ2n) is 11.5. The van der Waals surface area contributed by atoms with Gasteiger partial charge in [-0.1, -0.05) is 76.2 Å². The molecular weight excluding hydrogens is 494 g/mol. The molecule has 0 radical (unpaired) electrons. The summed E-state index contributed by atoms with van der Waals surface area (Å²) in [5.74, 6) is 1.89. The summed E-state index contributed by atoms with van der Waals surface area (Å²) in [5, 5.41) is 7.64. The number of nitrogens with zero attached hydrogens (tertiary/aromatic N) is 2. The number of H-pyrrole nitrogens is 1. The molecule has 3 heterocycles. The van der Waals surface area contributed by atoms with E-state index in [2.05, 4.69) is 105 Å². The molecular formula is C35H29N3S. The molecule has 190 valence electrons. The highest BCUT2D eigenvalue weighted by atomic mass is 32.1. The van der Waals surface area contributed by atoms with Gasteiger partial charge in [0.05, 0.1) is 16.7 Å². The summed E-state index contributed by atoms with van der Waals surface area (Å²) >= 11 is 1.88. The zero-order chi connectivity index (χ0) is 26.4. The van der Waals surface area contributed by atoms with Gasteiger partial charge in [0.2, 0.25) is 0 Å². The normalized spacial score (nSPS) is 13.6. The third-order valence-corrected chi connectivity index (χ3v) is 9.45. The molecule has 1 aliphatic rings. The lowest BCUT2D eigenvalue weighted by Gasteiger charge is -2.09. The number of rotatable bonds is 3. The Hall–Kier alpha value is -4.02. The summed E-state index contributed by atoms with van der Waals surface area (Å²) in [6.07, 6.45) is 0.978. The molecule has 39 heavy (non-hydrogen) atoms. The molecule has 0 fully saturated rings. The van der Waals surface area contributed by atoms with Crippen LogP contribution < -0.4 is 0 Å². The first-order valence-corrected chi connectivity index (χ1v) is 14.7. The van der Waals surface area contributed by atoms with E-state index in [1.807, 2.05) is 11.3 Å². The minimum Gasteiger partial charge on any atom is -0.341 e. The second kappa shape index (κ2) is 8.24. The van der Waals surface area contributed by atoms with Crippen molar-refractivity contribution in [3.05, 3.63) is 84.2 Å². The van der Waals surface area contributed by atoms with Gasteiger partial charge >= 0.3 is 0 Å². The molecule has 0 aliphatic carbocycles. The van der Waals surface area contributed by atoms with Crippen LogP contribution in [-0.2, 0) is 6.42 Å². The van der Waals surface area contributed by atoms with Gasteiger partial charge in [0.25, 0.3) is 0 Å². The molecule has 1 N–H and O–H groups in total. The monoisotopic (exact) mass is 523 g/mol. The van der Waals surface area contributed by atoms with Gasteiger partial charge in [0.15, 0.2) is 0 Å². The number of nitrogens with one attached hydrogen (secondary N) is 1. The minimum absolute atomic E-state index is 0.351. The number of fused-ring (bicyclic) bond motifs is 10. The Labute approximate surface area is 231 Å². The molecule has 1 aliphatic heterocycles. The van der Waals surface area contributed by atoms with Crippen molar-refractivity contribution in [1.29, 1.82) is 0 Å². The van der Waals surface area contributed by atoms with Gasteiger partial charge in [0, 0.05) is 49.0 Å². The number of benzene rings is 5. The summed E-state index contributed by atoms with van der Waals surface area (Å²) in [6.45, 7) is 8.85. The molecule has 0 saturated heterocycles. The van der Waals surface area contributed by atoms with Crippen molar-refractivity contribution in [2.24, 2.45) is 10.9 Å². The fourth-order valence-electron chi connectivity index (χ4n) is 6.15. The molecule has 2 aromatic heterocycles. The van der Waals surface area contributed by atoms with E-state index >= 15 is 0 Å². The van der Waals surface area contributed by atoms with Crippen molar-refractivity contribution in [2.75, 3.05) is 0 Å². The summed E-state index contributed by atoms with van der Waals surface area (Å²) in [5.41, 5.74) is 8.51. The molecule has 8 rings (SSSR count). The molecule has 0 saturated carbocycles. The van der Waals surface area contributed by atoms with Crippen molar-refractivity contribution in [3.63, 3.8) is 0 Å². The van der Waals surface area contributed by atoms with Crippen molar-refractivity contribution >= 4 is 75.5 Å². The SMILES string of the molecule is CC(C)C1=Nc2cc3sc4cc(-c5ccc6c(c5)c5ccccc5c5nc(C(C)C)[nH]c65)ccc4c3cc2C1. The average Bonchev–Trinajstić information content (AvgIpc) is 3.66. The number of thiophene rings is 1. The predicted octanol–water partition coefficient (Wildman–Crippen LogP) is 10.3. The molecule has 0 atom stereocenters. The quantitative estimate of drug-likeness (QED) is 0.230. The standard InChI is InChI=1S/C35H29N3S/c1-18(2)29-15-22-14-28-24-11-9-21(16-31(24)39-32(28)17-30(22)36-29)20-10-12-26-27(13-20)23-7-5-6-8-25(23)33-34(26)38-35(37-33)19(3)4/h5-14,16-19H,15H2,1-4H3,(H,37,38). The van der Waals surface area contributed by atoms with Crippen molar-refractivity contribution < 1.29 is 0 Å². The van der Waals surface area contributed by atoms with Crippen LogP contribution in [0.3, 0.4) is 0 Å². The molecule has 0 spiro atoms. The van der Waals surface area contributed by atoms with Crippen LogP contribution in [0.5, 0.6) is 0 Å². The maximum atomic E-state index is 5.00. The van der Waals surface area contributed by atoms with E-state index in [4.69, 9.17) is 9.98 Å². The van der Waals surface area contributed by atoms with E-state index in [0.29, 0.717) is 11.8 Å². The van der Waals surface area contributed by atoms with Crippen molar-refractivity contribution in [3.8, 4) is 11.1 Å². The summed E-state index contributed by atoms with van der Waals surface area (Å²) < 4.78 is 2.65. The molecule has 7 aromatic rings. The Balaban J connectivity index is 1.30. The van der Waals surface area contributed by atoms with Crippen LogP contribution in [0.4, 0.5) is 5.69 Å². The lowest BCUT2D eigenvalue weighted by molar-refractivity contribution is 0.799. The third kappa shape index (κ3) is 3.41. The fraction of sp³-hybridized carbons (Fsp3) is 0.200. The molecule has 0 amide bonds. The first-order valence-electron chi connectivity index (χ1n) is 13.9. The van der Waals surface area contributed by atoms with E-state index in [1.54, 1.807) is 0 Å². The zero-order valence-corrected chi connectivity index (χ0v) is 23.4. The van der Waals surface area contributed by atoms with Crippen LogP contribution in [0.25, 0.3) is 63.9 Å². The van der Waals surface area contributed by atoms with Crippen LogP contribution in [0.1, 0.15) is 45.0 Å². The van der Waals surface area contributed by atoms with Crippen LogP contribution in [0.15, 0.2) is 77.8 Å². The van der Waals surface area contributed by atoms with Gasteiger partial charge in [-0.25, -0.2) is 4.98 Å². The van der Waals surface area contributed by atoms with E-state index in [0.717, 1.165) is 29.0 Å². The molecule has 5 aromatic carbocycles. The highest BCUT2D eigenvalue weighted by Crippen LogP contribution is 2.42. The average molecular weight is 524 g/mol. The number of aromatic nitrogens is 2. The first-order chi connectivity index (χ1) is 18.9. The fourth-order valence-corrected chi connectivity index (χ4v) is 7.31. The Morgan fingerprint density at radius 2 is 1.44 bits per heavy atom. The van der Waals surface area contributed by atoms with Crippen LogP contribution >= 0.6 is 11.3 Å². The highest BCUT2D eigenvalue weighted by Gasteiger charge is 2.20. The lowest BCUT2D eigenvalue weighted by atomic mass is 9.95. The lowest BCUT2D eigenvalue weighted by Crippen LogP contribution is -2.06. The molecule has 3 nitrogen and oxygen atoms in total. The molecule has 4 heteroatoms. The summed E-state index contributed by atoms with van der Waals surface area (Å²) in [4.78, 5) is 13.6. The topological polar surface area (TPSA) is 41.0 Å². The molecule has 0 unspecified atom stereocenters. The summed E-state index contributed by atoms with van der Waals surface area (Å²) in [6, 6.07) is 27.2. The van der Waals surface area contributed by atoms with Gasteiger partial charge < -0.3 is 4.98 Å². The number of hydrogen-bond donors (Lipinski definition) is 1. The van der Waals surface area contributed by atoms with Gasteiger partial charge in [0.1, 0.15) is 5.82 Å². The minimum atomic E-state index is 0.351. The van der Waals surface area contributed by atoms with E-state index in [1.165, 1.54) is 64.1 Å². The third-order valence-electron chi connectivity index (χ3n) is 8.34. The smallest absolute Gasteiger partial charge is 0.109 e. The van der Waals surface area contributed by atoms with Gasteiger partial charge in [-0.3, -0.25) is 4.99 Å². The zero-order valence-electron chi connectivity index (χ0n) is 22.6. The molecule has 0 bridgehead atoms. The predicted molar refractivity (Wildman–Crippen MR) is 169 cm³/mol. The Morgan fingerprint density at radius 1 is 0.692 bits per heavy atom. The van der Waals surface area contributed by atoms with E-state index < -0.39 is 0 Å². The van der Waals surface area contributed by atoms with Crippen molar-refractivity contribution in [2.45, 2.75) is 40.0 Å². The largest absolute Gasteiger partial charge is 0.341 e. The van der Waals surface area contributed by atoms with E-state index in [9.17, 15) is 0 Å². The second-order valence-corrected chi connectivity index (χ2v) is 12.6. The van der Waals surface area contributed by atoms with Gasteiger partial charge in [-0.2, -0.15) is 0 Å². The Bertz CT molecular complexity index is 2160. The number of imidazole rings is 1. The van der Waals surface area contributed by atoms with Crippen LogP contribution in [0.2, 0.25) is 0 Å². The summed E-state index contributed by atoms with van der Waals surface area (Å²) in [7, 11) is 0. The van der Waals surface area contributed by atoms with Gasteiger partial charge in [-0.05, 0) is 57.6 Å².